The maximum absolute atomic E-state index is 6.23. The Hall–Kier alpha value is -2.07. The summed E-state index contributed by atoms with van der Waals surface area (Å²) < 4.78 is 7.45. The van der Waals surface area contributed by atoms with Crippen LogP contribution in [0.5, 0.6) is 0 Å². The van der Waals surface area contributed by atoms with E-state index in [0.717, 1.165) is 11.2 Å². The third kappa shape index (κ3) is 1.78. The third-order valence-electron chi connectivity index (χ3n) is 4.64. The van der Waals surface area contributed by atoms with E-state index in [9.17, 15) is 0 Å². The average Bonchev–Trinajstić information content (AvgIpc) is 2.93. The highest BCUT2D eigenvalue weighted by Crippen LogP contribution is 2.40. The van der Waals surface area contributed by atoms with Gasteiger partial charge in [0.15, 0.2) is 0 Å². The maximum Gasteiger partial charge on any atom is 0.137 e. The molecular weight excluding hydrogens is 395 g/mol. The van der Waals surface area contributed by atoms with Crippen LogP contribution in [0.3, 0.4) is 0 Å². The van der Waals surface area contributed by atoms with E-state index in [2.05, 4.69) is 90.2 Å². The minimum absolute atomic E-state index is 0.971. The van der Waals surface area contributed by atoms with Crippen molar-refractivity contribution >= 4 is 66.1 Å². The van der Waals surface area contributed by atoms with Gasteiger partial charge in [-0.25, -0.2) is 0 Å². The second-order valence-electron chi connectivity index (χ2n) is 5.99. The lowest BCUT2D eigenvalue weighted by Gasteiger charge is -2.05. The van der Waals surface area contributed by atoms with Gasteiger partial charge in [-0.05, 0) is 68.8 Å². The highest BCUT2D eigenvalue weighted by molar-refractivity contribution is 14.1. The first-order chi connectivity index (χ1) is 11.2. The van der Waals surface area contributed by atoms with Gasteiger partial charge in [0.2, 0.25) is 0 Å². The lowest BCUT2D eigenvalue weighted by atomic mass is 9.97. The summed E-state index contributed by atoms with van der Waals surface area (Å²) in [5.41, 5.74) is 3.20. The molecule has 0 aliphatic carbocycles. The van der Waals surface area contributed by atoms with Crippen molar-refractivity contribution in [3.63, 3.8) is 0 Å². The van der Waals surface area contributed by atoms with Crippen LogP contribution in [0.15, 0.2) is 65.1 Å². The highest BCUT2D eigenvalue weighted by atomic mass is 127. The van der Waals surface area contributed by atoms with E-state index in [1.807, 2.05) is 0 Å². The summed E-state index contributed by atoms with van der Waals surface area (Å²) in [6.07, 6.45) is 0. The molecule has 0 saturated carbocycles. The van der Waals surface area contributed by atoms with Crippen molar-refractivity contribution in [1.82, 2.24) is 0 Å². The van der Waals surface area contributed by atoms with Gasteiger partial charge in [-0.3, -0.25) is 0 Å². The Morgan fingerprint density at radius 2 is 1.22 bits per heavy atom. The topological polar surface area (TPSA) is 13.1 Å². The molecule has 5 aromatic rings. The van der Waals surface area contributed by atoms with Gasteiger partial charge in [-0.2, -0.15) is 0 Å². The fraction of sp³-hybridized carbons (Fsp3) is 0.0476. The number of benzene rings is 4. The molecule has 2 heteroatoms. The van der Waals surface area contributed by atoms with Crippen LogP contribution in [0, 0.1) is 10.5 Å². The summed E-state index contributed by atoms with van der Waals surface area (Å²) >= 11 is 2.40. The van der Waals surface area contributed by atoms with E-state index in [1.165, 1.54) is 41.5 Å². The summed E-state index contributed by atoms with van der Waals surface area (Å²) in [7, 11) is 0. The van der Waals surface area contributed by atoms with E-state index in [-0.39, 0.29) is 0 Å². The van der Waals surface area contributed by atoms with Crippen LogP contribution in [0.1, 0.15) is 5.56 Å². The number of hydrogen-bond acceptors (Lipinski definition) is 1. The number of furan rings is 1. The van der Waals surface area contributed by atoms with Crippen molar-refractivity contribution in [3.05, 3.63) is 69.8 Å². The molecule has 1 nitrogen and oxygen atoms in total. The molecule has 0 bridgehead atoms. The fourth-order valence-electron chi connectivity index (χ4n) is 3.63. The summed E-state index contributed by atoms with van der Waals surface area (Å²) in [6, 6.07) is 21.5. The first kappa shape index (κ1) is 13.4. The molecule has 0 radical (unpaired) electrons. The van der Waals surface area contributed by atoms with Gasteiger partial charge in [0, 0.05) is 14.3 Å². The lowest BCUT2D eigenvalue weighted by Crippen LogP contribution is -1.81. The van der Waals surface area contributed by atoms with Crippen molar-refractivity contribution in [1.29, 1.82) is 0 Å². The Labute approximate surface area is 147 Å². The molecule has 0 aliphatic rings. The molecule has 1 aromatic heterocycles. The lowest BCUT2D eigenvalue weighted by molar-refractivity contribution is 0.669. The average molecular weight is 408 g/mol. The Morgan fingerprint density at radius 1 is 0.696 bits per heavy atom. The van der Waals surface area contributed by atoms with Gasteiger partial charge in [-0.1, -0.05) is 48.5 Å². The minimum Gasteiger partial charge on any atom is -0.456 e. The molecule has 0 fully saturated rings. The van der Waals surface area contributed by atoms with E-state index >= 15 is 0 Å². The number of aryl methyl sites for hydroxylation is 1. The standard InChI is InChI=1S/C21H13IO/c1-12-10-18-20(15-8-4-2-6-13(12)15)21-16-9-5-3-7-14(16)17(22)11-19(21)23-18/h2-11H,1H3. The van der Waals surface area contributed by atoms with Crippen LogP contribution in [0.4, 0.5) is 0 Å². The largest absolute Gasteiger partial charge is 0.456 e. The van der Waals surface area contributed by atoms with E-state index in [1.54, 1.807) is 0 Å². The van der Waals surface area contributed by atoms with Gasteiger partial charge in [0.05, 0.1) is 0 Å². The summed E-state index contributed by atoms with van der Waals surface area (Å²) in [5, 5.41) is 7.58. The molecule has 4 aromatic carbocycles. The second-order valence-corrected chi connectivity index (χ2v) is 7.15. The van der Waals surface area contributed by atoms with E-state index < -0.39 is 0 Å². The van der Waals surface area contributed by atoms with Gasteiger partial charge in [0.25, 0.3) is 0 Å². The normalized spacial score (nSPS) is 11.9. The molecule has 0 unspecified atom stereocenters. The first-order valence-electron chi connectivity index (χ1n) is 7.66. The zero-order chi connectivity index (χ0) is 15.6. The zero-order valence-corrected chi connectivity index (χ0v) is 14.7. The molecule has 0 amide bonds. The van der Waals surface area contributed by atoms with Crippen LogP contribution < -0.4 is 0 Å². The molecule has 5 rings (SSSR count). The van der Waals surface area contributed by atoms with Crippen molar-refractivity contribution in [2.24, 2.45) is 0 Å². The Kier molecular flexibility index (Phi) is 2.74. The molecule has 0 spiro atoms. The molecular formula is C21H13IO. The van der Waals surface area contributed by atoms with Crippen molar-refractivity contribution in [2.75, 3.05) is 0 Å². The Morgan fingerprint density at radius 3 is 1.91 bits per heavy atom. The number of fused-ring (bicyclic) bond motifs is 7. The van der Waals surface area contributed by atoms with Gasteiger partial charge in [0.1, 0.15) is 11.2 Å². The Bertz CT molecular complexity index is 1130. The van der Waals surface area contributed by atoms with Crippen LogP contribution in [0.25, 0.3) is 43.5 Å². The second kappa shape index (κ2) is 4.71. The van der Waals surface area contributed by atoms with Crippen molar-refractivity contribution in [2.45, 2.75) is 6.92 Å². The van der Waals surface area contributed by atoms with Crippen molar-refractivity contribution < 1.29 is 4.42 Å². The molecule has 0 N–H and O–H groups in total. The smallest absolute Gasteiger partial charge is 0.137 e. The fourth-order valence-corrected chi connectivity index (χ4v) is 4.38. The number of hydrogen-bond donors (Lipinski definition) is 0. The van der Waals surface area contributed by atoms with Crippen LogP contribution in [-0.2, 0) is 0 Å². The van der Waals surface area contributed by atoms with Gasteiger partial charge < -0.3 is 4.42 Å². The summed E-state index contributed by atoms with van der Waals surface area (Å²) in [4.78, 5) is 0. The van der Waals surface area contributed by atoms with Gasteiger partial charge in [-0.15, -0.1) is 0 Å². The molecule has 0 saturated heterocycles. The van der Waals surface area contributed by atoms with E-state index in [4.69, 9.17) is 4.42 Å². The molecule has 1 heterocycles. The van der Waals surface area contributed by atoms with Crippen LogP contribution in [-0.4, -0.2) is 0 Å². The number of halogens is 1. The minimum atomic E-state index is 0.971. The molecule has 23 heavy (non-hydrogen) atoms. The van der Waals surface area contributed by atoms with Gasteiger partial charge >= 0.3 is 0 Å². The van der Waals surface area contributed by atoms with E-state index in [0.29, 0.717) is 0 Å². The van der Waals surface area contributed by atoms with Crippen LogP contribution in [0.2, 0.25) is 0 Å². The molecule has 110 valence electrons. The maximum atomic E-state index is 6.23. The number of rotatable bonds is 0. The zero-order valence-electron chi connectivity index (χ0n) is 12.6. The monoisotopic (exact) mass is 408 g/mol. The van der Waals surface area contributed by atoms with Crippen LogP contribution >= 0.6 is 22.6 Å². The quantitative estimate of drug-likeness (QED) is 0.257. The predicted molar refractivity (Wildman–Crippen MR) is 106 cm³/mol. The predicted octanol–water partition coefficient (Wildman–Crippen LogP) is 6.81. The molecule has 0 aliphatic heterocycles. The van der Waals surface area contributed by atoms with Crippen molar-refractivity contribution in [3.8, 4) is 0 Å². The SMILES string of the molecule is Cc1cc2oc3cc(I)c4ccccc4c3c2c2ccccc12. The molecule has 0 atom stereocenters. The first-order valence-corrected chi connectivity index (χ1v) is 8.74. The Balaban J connectivity index is 2.18. The summed E-state index contributed by atoms with van der Waals surface area (Å²) in [5.74, 6) is 0. The highest BCUT2D eigenvalue weighted by Gasteiger charge is 2.15. The third-order valence-corrected chi connectivity index (χ3v) is 5.54. The summed E-state index contributed by atoms with van der Waals surface area (Å²) in [6.45, 7) is 2.15.